The number of carbonyl (C=O) groups is 1. The van der Waals surface area contributed by atoms with Gasteiger partial charge in [-0.15, -0.1) is 0 Å². The van der Waals surface area contributed by atoms with Crippen molar-refractivity contribution >= 4 is 17.3 Å². The number of ether oxygens (including phenoxy) is 1. The summed E-state index contributed by atoms with van der Waals surface area (Å²) >= 11 is 0. The lowest BCUT2D eigenvalue weighted by Gasteiger charge is -2.43. The molecule has 10 heteroatoms. The fourth-order valence-electron chi connectivity index (χ4n) is 7.21. The molecule has 228 valence electrons. The molecule has 0 aliphatic carbocycles. The Balaban J connectivity index is 1.33. The predicted octanol–water partition coefficient (Wildman–Crippen LogP) is 3.36. The molecule has 5 heterocycles. The second-order valence-electron chi connectivity index (χ2n) is 12.4. The van der Waals surface area contributed by atoms with Gasteiger partial charge in [-0.25, -0.2) is 9.37 Å². The summed E-state index contributed by atoms with van der Waals surface area (Å²) < 4.78 is 21.2. The van der Waals surface area contributed by atoms with Gasteiger partial charge in [0.2, 0.25) is 11.8 Å². The maximum atomic E-state index is 14.8. The second kappa shape index (κ2) is 12.5. The molecule has 2 fully saturated rings. The van der Waals surface area contributed by atoms with Crippen molar-refractivity contribution in [3.05, 3.63) is 59.1 Å². The molecule has 0 N–H and O–H groups in total. The number of fused-ring (bicyclic) bond motifs is 2. The smallest absolute Gasteiger partial charge is 0.246 e. The van der Waals surface area contributed by atoms with Gasteiger partial charge in [-0.1, -0.05) is 6.58 Å². The topological polar surface area (TPSA) is 79.2 Å². The number of rotatable bonds is 7. The third kappa shape index (κ3) is 6.06. The first-order chi connectivity index (χ1) is 20.8. The molecule has 6 rings (SSSR count). The minimum atomic E-state index is -0.222. The molecule has 4 aliphatic rings. The molecule has 1 aromatic heterocycles. The lowest BCUT2D eigenvalue weighted by atomic mass is 9.95. The third-order valence-corrected chi connectivity index (χ3v) is 9.65. The van der Waals surface area contributed by atoms with Crippen molar-refractivity contribution in [2.75, 3.05) is 69.8 Å². The Morgan fingerprint density at radius 2 is 1.91 bits per heavy atom. The molecule has 2 saturated heterocycles. The van der Waals surface area contributed by atoms with Gasteiger partial charge in [-0.3, -0.25) is 4.79 Å². The van der Waals surface area contributed by atoms with Crippen LogP contribution in [0.25, 0.3) is 0 Å². The van der Waals surface area contributed by atoms with Crippen LogP contribution >= 0.6 is 0 Å². The summed E-state index contributed by atoms with van der Waals surface area (Å²) in [6.45, 7) is 10.1. The number of pyridine rings is 1. The average Bonchev–Trinajstić information content (AvgIpc) is 3.43. The lowest BCUT2D eigenvalue weighted by molar-refractivity contribution is -0.128. The largest absolute Gasteiger partial charge is 0.476 e. The molecule has 0 radical (unpaired) electrons. The van der Waals surface area contributed by atoms with Crippen molar-refractivity contribution in [2.24, 2.45) is 0 Å². The molecular formula is C33H42FN7O2. The highest BCUT2D eigenvalue weighted by Crippen LogP contribution is 2.37. The maximum Gasteiger partial charge on any atom is 0.246 e. The number of nitriles is 1. The van der Waals surface area contributed by atoms with E-state index in [0.717, 1.165) is 68.1 Å². The highest BCUT2D eigenvalue weighted by atomic mass is 19.1. The standard InChI is InChI=1S/C33H42FN7O2/c1-4-33(42)41-15-14-40(19-25(41)7-10-35)31-18-32(43-22-26-6-5-11-38(26)3)36-29-21-39(13-9-27(29)31)30-17-24(34)16-23-8-12-37(2)20-28(23)30/h4,16-18,25-26H,1,5-9,11-15,19-22H2,2-3H3/t25-,26-/m0/s1. The van der Waals surface area contributed by atoms with E-state index in [2.05, 4.69) is 52.4 Å². The number of likely N-dealkylation sites (N-methyl/N-ethyl adjacent to an activating group) is 2. The van der Waals surface area contributed by atoms with Crippen molar-refractivity contribution in [3.8, 4) is 11.9 Å². The van der Waals surface area contributed by atoms with Crippen LogP contribution in [-0.2, 0) is 30.7 Å². The number of hydrogen-bond acceptors (Lipinski definition) is 8. The van der Waals surface area contributed by atoms with Gasteiger partial charge in [0.1, 0.15) is 12.4 Å². The van der Waals surface area contributed by atoms with Crippen LogP contribution in [0.2, 0.25) is 0 Å². The van der Waals surface area contributed by atoms with Crippen LogP contribution < -0.4 is 14.5 Å². The molecule has 2 aromatic rings. The van der Waals surface area contributed by atoms with Crippen molar-refractivity contribution in [1.82, 2.24) is 19.7 Å². The number of hydrogen-bond donors (Lipinski definition) is 0. The lowest BCUT2D eigenvalue weighted by Crippen LogP contribution is -2.55. The summed E-state index contributed by atoms with van der Waals surface area (Å²) in [4.78, 5) is 28.6. The fraction of sp³-hybridized carbons (Fsp3) is 0.545. The molecular weight excluding hydrogens is 545 g/mol. The van der Waals surface area contributed by atoms with E-state index >= 15 is 0 Å². The first kappa shape index (κ1) is 29.4. The molecule has 0 bridgehead atoms. The second-order valence-corrected chi connectivity index (χ2v) is 12.4. The van der Waals surface area contributed by atoms with Crippen LogP contribution in [0.5, 0.6) is 5.88 Å². The Morgan fingerprint density at radius 1 is 1.07 bits per heavy atom. The van der Waals surface area contributed by atoms with Gasteiger partial charge in [-0.2, -0.15) is 5.26 Å². The number of benzene rings is 1. The minimum absolute atomic E-state index is 0.138. The quantitative estimate of drug-likeness (QED) is 0.457. The summed E-state index contributed by atoms with van der Waals surface area (Å²) in [6, 6.07) is 7.84. The van der Waals surface area contributed by atoms with Gasteiger partial charge in [0.25, 0.3) is 0 Å². The summed E-state index contributed by atoms with van der Waals surface area (Å²) in [7, 11) is 4.25. The Kier molecular flexibility index (Phi) is 8.55. The molecule has 0 saturated carbocycles. The number of anilines is 2. The van der Waals surface area contributed by atoms with Gasteiger partial charge < -0.3 is 29.2 Å². The predicted molar refractivity (Wildman–Crippen MR) is 165 cm³/mol. The molecule has 4 aliphatic heterocycles. The van der Waals surface area contributed by atoms with Crippen LogP contribution in [0, 0.1) is 17.1 Å². The molecule has 43 heavy (non-hydrogen) atoms. The van der Waals surface area contributed by atoms with Crippen molar-refractivity contribution < 1.29 is 13.9 Å². The number of halogens is 1. The van der Waals surface area contributed by atoms with E-state index in [9.17, 15) is 14.4 Å². The highest BCUT2D eigenvalue weighted by Gasteiger charge is 2.33. The molecule has 0 spiro atoms. The van der Waals surface area contributed by atoms with Crippen LogP contribution in [0.1, 0.15) is 41.6 Å². The van der Waals surface area contributed by atoms with Crippen LogP contribution in [0.4, 0.5) is 15.8 Å². The number of likely N-dealkylation sites (tertiary alicyclic amines) is 1. The molecule has 1 amide bonds. The van der Waals surface area contributed by atoms with Gasteiger partial charge >= 0.3 is 0 Å². The van der Waals surface area contributed by atoms with E-state index in [1.807, 2.05) is 0 Å². The monoisotopic (exact) mass is 587 g/mol. The minimum Gasteiger partial charge on any atom is -0.476 e. The fourth-order valence-corrected chi connectivity index (χ4v) is 7.21. The van der Waals surface area contributed by atoms with Gasteiger partial charge in [0.15, 0.2) is 0 Å². The van der Waals surface area contributed by atoms with Crippen molar-refractivity contribution in [3.63, 3.8) is 0 Å². The maximum absolute atomic E-state index is 14.8. The summed E-state index contributed by atoms with van der Waals surface area (Å²) in [5, 5.41) is 9.54. The van der Waals surface area contributed by atoms with E-state index in [0.29, 0.717) is 44.7 Å². The number of nitrogens with zero attached hydrogens (tertiary/aromatic N) is 7. The molecule has 9 nitrogen and oxygen atoms in total. The summed E-state index contributed by atoms with van der Waals surface area (Å²) in [5.74, 6) is 0.269. The van der Waals surface area contributed by atoms with Crippen molar-refractivity contribution in [1.29, 1.82) is 5.26 Å². The summed E-state index contributed by atoms with van der Waals surface area (Å²) in [6.07, 6.45) is 5.48. The number of piperazine rings is 1. The molecule has 2 atom stereocenters. The van der Waals surface area contributed by atoms with E-state index in [-0.39, 0.29) is 24.2 Å². The first-order valence-corrected chi connectivity index (χ1v) is 15.5. The SMILES string of the molecule is C=CC(=O)N1CCN(c2cc(OC[C@@H]3CCCN3C)nc3c2CCN(c2cc(F)cc4c2CN(C)CC4)C3)C[C@@H]1CC#N. The van der Waals surface area contributed by atoms with Gasteiger partial charge in [0, 0.05) is 68.3 Å². The van der Waals surface area contributed by atoms with E-state index in [4.69, 9.17) is 9.72 Å². The highest BCUT2D eigenvalue weighted by molar-refractivity contribution is 5.87. The molecule has 0 unspecified atom stereocenters. The number of aromatic nitrogens is 1. The number of amides is 1. The summed E-state index contributed by atoms with van der Waals surface area (Å²) in [5.41, 5.74) is 6.44. The van der Waals surface area contributed by atoms with Gasteiger partial charge in [-0.05, 0) is 75.7 Å². The zero-order valence-corrected chi connectivity index (χ0v) is 25.4. The number of carbonyl (C=O) groups excluding carboxylic acids is 1. The first-order valence-electron chi connectivity index (χ1n) is 15.5. The average molecular weight is 588 g/mol. The van der Waals surface area contributed by atoms with Crippen LogP contribution in [0.15, 0.2) is 30.9 Å². The zero-order chi connectivity index (χ0) is 30.1. The normalized spacial score (nSPS) is 22.6. The van der Waals surface area contributed by atoms with Crippen molar-refractivity contribution in [2.45, 2.75) is 57.3 Å². The Labute approximate surface area is 254 Å². The Bertz CT molecular complexity index is 1420. The van der Waals surface area contributed by atoms with Gasteiger partial charge in [0.05, 0.1) is 30.8 Å². The Morgan fingerprint density at radius 3 is 2.67 bits per heavy atom. The Hall–Kier alpha value is -3.68. The third-order valence-electron chi connectivity index (χ3n) is 9.65. The van der Waals surface area contributed by atoms with Crippen LogP contribution in [-0.4, -0.2) is 97.6 Å². The van der Waals surface area contributed by atoms with E-state index < -0.39 is 0 Å². The van der Waals surface area contributed by atoms with E-state index in [1.165, 1.54) is 23.6 Å². The van der Waals surface area contributed by atoms with Crippen LogP contribution in [0.3, 0.4) is 0 Å². The molecule has 1 aromatic carbocycles. The van der Waals surface area contributed by atoms with E-state index in [1.54, 1.807) is 17.0 Å². The zero-order valence-electron chi connectivity index (χ0n) is 25.4.